The van der Waals surface area contributed by atoms with E-state index in [1.807, 2.05) is 0 Å². The van der Waals surface area contributed by atoms with Crippen LogP contribution in [0, 0.1) is 29.4 Å². The number of nitrogen functional groups attached to an aromatic ring is 1. The molecular weight excluding hydrogens is 274 g/mol. The van der Waals surface area contributed by atoms with Gasteiger partial charge >= 0.3 is 6.01 Å². The van der Waals surface area contributed by atoms with Gasteiger partial charge in [-0.25, -0.2) is 4.98 Å². The summed E-state index contributed by atoms with van der Waals surface area (Å²) < 4.78 is 5.52. The molecule has 0 fully saturated rings. The maximum absolute atomic E-state index is 10.9. The smallest absolute Gasteiger partial charge is 0.322 e. The Labute approximate surface area is 120 Å². The Morgan fingerprint density at radius 2 is 2.10 bits per heavy atom. The van der Waals surface area contributed by atoms with E-state index in [1.165, 1.54) is 18.3 Å². The van der Waals surface area contributed by atoms with Gasteiger partial charge in [-0.05, 0) is 31.5 Å². The van der Waals surface area contributed by atoms with E-state index in [2.05, 4.69) is 9.97 Å². The normalized spacial score (nSPS) is 10.2. The highest BCUT2D eigenvalue weighted by Crippen LogP contribution is 2.29. The zero-order chi connectivity index (χ0) is 15.6. The fraction of sp³-hybridized carbons (Fsp3) is 0.154. The van der Waals surface area contributed by atoms with Crippen molar-refractivity contribution in [3.05, 3.63) is 51.3 Å². The molecule has 0 aliphatic rings. The molecule has 0 radical (unpaired) electrons. The van der Waals surface area contributed by atoms with Gasteiger partial charge in [-0.15, -0.1) is 0 Å². The minimum Gasteiger partial charge on any atom is -0.424 e. The van der Waals surface area contributed by atoms with Gasteiger partial charge in [-0.1, -0.05) is 0 Å². The molecule has 8 heteroatoms. The summed E-state index contributed by atoms with van der Waals surface area (Å²) >= 11 is 0. The Bertz CT molecular complexity index is 730. The first kappa shape index (κ1) is 14.4. The van der Waals surface area contributed by atoms with Crippen LogP contribution in [-0.4, -0.2) is 20.7 Å². The summed E-state index contributed by atoms with van der Waals surface area (Å²) in [4.78, 5) is 18.3. The van der Waals surface area contributed by atoms with Crippen LogP contribution in [0.3, 0.4) is 0 Å². The summed E-state index contributed by atoms with van der Waals surface area (Å²) in [6.45, 7) is 3.31. The molecule has 1 aromatic carbocycles. The molecule has 3 N–H and O–H groups in total. The van der Waals surface area contributed by atoms with Crippen molar-refractivity contribution in [1.29, 1.82) is 5.41 Å². The van der Waals surface area contributed by atoms with Crippen LogP contribution >= 0.6 is 0 Å². The van der Waals surface area contributed by atoms with Gasteiger partial charge < -0.3 is 10.5 Å². The lowest BCUT2D eigenvalue weighted by Gasteiger charge is -2.09. The topological polar surface area (TPSA) is 128 Å². The number of nitrogens with one attached hydrogen (secondary N) is 1. The van der Waals surface area contributed by atoms with Gasteiger partial charge in [0.25, 0.3) is 5.69 Å². The Morgan fingerprint density at radius 1 is 1.38 bits per heavy atom. The number of amidine groups is 1. The van der Waals surface area contributed by atoms with Crippen LogP contribution in [0.4, 0.5) is 5.69 Å². The number of hydrogen-bond acceptors (Lipinski definition) is 6. The second kappa shape index (κ2) is 5.53. The van der Waals surface area contributed by atoms with Crippen LogP contribution in [0.2, 0.25) is 0 Å². The number of nitrogens with two attached hydrogens (primary N) is 1. The van der Waals surface area contributed by atoms with Crippen LogP contribution in [0.1, 0.15) is 16.8 Å². The molecule has 1 heterocycles. The van der Waals surface area contributed by atoms with E-state index in [0.717, 1.165) is 0 Å². The molecule has 2 rings (SSSR count). The van der Waals surface area contributed by atoms with E-state index < -0.39 is 4.92 Å². The van der Waals surface area contributed by atoms with Crippen LogP contribution in [0.15, 0.2) is 24.4 Å². The van der Waals surface area contributed by atoms with Gasteiger partial charge in [0.15, 0.2) is 0 Å². The number of benzene rings is 1. The van der Waals surface area contributed by atoms with E-state index in [1.54, 1.807) is 19.9 Å². The van der Waals surface area contributed by atoms with Crippen LogP contribution < -0.4 is 10.5 Å². The van der Waals surface area contributed by atoms with E-state index in [-0.39, 0.29) is 23.2 Å². The largest absolute Gasteiger partial charge is 0.424 e. The van der Waals surface area contributed by atoms with Crippen molar-refractivity contribution < 1.29 is 9.66 Å². The molecule has 8 nitrogen and oxygen atoms in total. The predicted molar refractivity (Wildman–Crippen MR) is 75.7 cm³/mol. The minimum absolute atomic E-state index is 0.0262. The number of aryl methyl sites for hydroxylation is 2. The van der Waals surface area contributed by atoms with Gasteiger partial charge in [0.05, 0.1) is 4.92 Å². The van der Waals surface area contributed by atoms with E-state index in [4.69, 9.17) is 15.9 Å². The van der Waals surface area contributed by atoms with Crippen LogP contribution in [0.25, 0.3) is 0 Å². The SMILES string of the molecule is Cc1cc([N+](=O)[O-])c(C)cc1Oc1nccc(C(=N)N)n1. The summed E-state index contributed by atoms with van der Waals surface area (Å²) in [5, 5.41) is 18.2. The minimum atomic E-state index is -0.445. The summed E-state index contributed by atoms with van der Waals surface area (Å²) in [5.74, 6) is 0.220. The molecule has 1 aromatic heterocycles. The molecular formula is C13H13N5O3. The number of ether oxygens (including phenoxy) is 1. The Hall–Kier alpha value is -3.03. The van der Waals surface area contributed by atoms with Crippen molar-refractivity contribution in [3.63, 3.8) is 0 Å². The molecule has 0 bridgehead atoms. The second-order valence-corrected chi connectivity index (χ2v) is 4.40. The quantitative estimate of drug-likeness (QED) is 0.383. The third-order valence-corrected chi connectivity index (χ3v) is 2.80. The lowest BCUT2D eigenvalue weighted by molar-refractivity contribution is -0.385. The number of nitro benzene ring substituents is 1. The van der Waals surface area contributed by atoms with Gasteiger partial charge in [0.2, 0.25) is 0 Å². The third kappa shape index (κ3) is 3.11. The molecule has 0 unspecified atom stereocenters. The lowest BCUT2D eigenvalue weighted by Crippen LogP contribution is -2.13. The van der Waals surface area contributed by atoms with Crippen molar-refractivity contribution in [2.45, 2.75) is 13.8 Å². The first-order valence-electron chi connectivity index (χ1n) is 5.99. The van der Waals surface area contributed by atoms with E-state index >= 15 is 0 Å². The first-order chi connectivity index (χ1) is 9.88. The molecule has 108 valence electrons. The molecule has 0 amide bonds. The number of rotatable bonds is 4. The number of hydrogen-bond donors (Lipinski definition) is 2. The molecule has 0 spiro atoms. The molecule has 21 heavy (non-hydrogen) atoms. The average Bonchev–Trinajstić information content (AvgIpc) is 2.42. The molecule has 0 aliphatic heterocycles. The Kier molecular flexibility index (Phi) is 3.79. The number of aromatic nitrogens is 2. The highest BCUT2D eigenvalue weighted by molar-refractivity contribution is 5.92. The fourth-order valence-electron chi connectivity index (χ4n) is 1.72. The van der Waals surface area contributed by atoms with Crippen LogP contribution in [-0.2, 0) is 0 Å². The molecule has 0 aliphatic carbocycles. The Balaban J connectivity index is 2.36. The van der Waals surface area contributed by atoms with E-state index in [0.29, 0.717) is 16.9 Å². The van der Waals surface area contributed by atoms with Crippen LogP contribution in [0.5, 0.6) is 11.8 Å². The van der Waals surface area contributed by atoms with Crippen molar-refractivity contribution in [1.82, 2.24) is 9.97 Å². The molecule has 2 aromatic rings. The highest BCUT2D eigenvalue weighted by Gasteiger charge is 2.15. The summed E-state index contributed by atoms with van der Waals surface area (Å²) in [5.41, 5.74) is 6.68. The van der Waals surface area contributed by atoms with Gasteiger partial charge in [0.1, 0.15) is 17.3 Å². The zero-order valence-corrected chi connectivity index (χ0v) is 11.5. The van der Waals surface area contributed by atoms with Crippen molar-refractivity contribution in [2.24, 2.45) is 5.73 Å². The molecule has 0 saturated carbocycles. The second-order valence-electron chi connectivity index (χ2n) is 4.40. The zero-order valence-electron chi connectivity index (χ0n) is 11.5. The van der Waals surface area contributed by atoms with Crippen molar-refractivity contribution in [3.8, 4) is 11.8 Å². The number of nitro groups is 1. The predicted octanol–water partition coefficient (Wildman–Crippen LogP) is 2.08. The molecule has 0 atom stereocenters. The maximum Gasteiger partial charge on any atom is 0.322 e. The van der Waals surface area contributed by atoms with Gasteiger partial charge in [-0.3, -0.25) is 15.5 Å². The maximum atomic E-state index is 10.9. The van der Waals surface area contributed by atoms with E-state index in [9.17, 15) is 10.1 Å². The summed E-state index contributed by atoms with van der Waals surface area (Å²) in [6.07, 6.45) is 1.42. The van der Waals surface area contributed by atoms with Gasteiger partial charge in [-0.2, -0.15) is 4.98 Å². The van der Waals surface area contributed by atoms with Crippen molar-refractivity contribution in [2.75, 3.05) is 0 Å². The van der Waals surface area contributed by atoms with Gasteiger partial charge in [0, 0.05) is 17.8 Å². The highest BCUT2D eigenvalue weighted by atomic mass is 16.6. The Morgan fingerprint density at radius 3 is 2.71 bits per heavy atom. The third-order valence-electron chi connectivity index (χ3n) is 2.80. The average molecular weight is 287 g/mol. The monoisotopic (exact) mass is 287 g/mol. The standard InChI is InChI=1S/C13H13N5O3/c1-7-6-11(8(2)5-10(7)18(19)20)21-13-16-4-3-9(17-13)12(14)15/h3-6H,1-2H3,(H3,14,15). The summed E-state index contributed by atoms with van der Waals surface area (Å²) in [6, 6.07) is 4.50. The molecule has 0 saturated heterocycles. The first-order valence-corrected chi connectivity index (χ1v) is 5.99. The van der Waals surface area contributed by atoms with Crippen molar-refractivity contribution >= 4 is 11.5 Å². The number of nitrogens with zero attached hydrogens (tertiary/aromatic N) is 3. The fourth-order valence-corrected chi connectivity index (χ4v) is 1.72. The summed E-state index contributed by atoms with van der Waals surface area (Å²) in [7, 11) is 0. The lowest BCUT2D eigenvalue weighted by atomic mass is 10.1.